The van der Waals surface area contributed by atoms with Crippen molar-refractivity contribution in [2.75, 3.05) is 4.90 Å². The van der Waals surface area contributed by atoms with Crippen molar-refractivity contribution in [1.82, 2.24) is 9.97 Å². The summed E-state index contributed by atoms with van der Waals surface area (Å²) in [6.45, 7) is 0. The van der Waals surface area contributed by atoms with Gasteiger partial charge >= 0.3 is 0 Å². The summed E-state index contributed by atoms with van der Waals surface area (Å²) < 4.78 is 5.27. The Labute approximate surface area is 85.2 Å². The van der Waals surface area contributed by atoms with E-state index in [1.807, 2.05) is 0 Å². The third-order valence-corrected chi connectivity index (χ3v) is 2.71. The van der Waals surface area contributed by atoms with Gasteiger partial charge in [0.05, 0.1) is 0 Å². The van der Waals surface area contributed by atoms with Crippen LogP contribution in [0.5, 0.6) is 0 Å². The van der Waals surface area contributed by atoms with Crippen LogP contribution in [-0.4, -0.2) is 34.0 Å². The van der Waals surface area contributed by atoms with E-state index >= 15 is 0 Å². The van der Waals surface area contributed by atoms with E-state index in [1.54, 1.807) is 6.20 Å². The Balaban J connectivity index is 2.01. The molecule has 2 fully saturated rings. The Hall–Kier alpha value is -1.69. The predicted octanol–water partition coefficient (Wildman–Crippen LogP) is -0.170. The van der Waals surface area contributed by atoms with Crippen LogP contribution in [0.3, 0.4) is 0 Å². The average molecular weight is 207 g/mol. The number of morpholine rings is 1. The number of rotatable bonds is 1. The van der Waals surface area contributed by atoms with Crippen molar-refractivity contribution in [2.24, 2.45) is 0 Å². The quantitative estimate of drug-likeness (QED) is 0.649. The summed E-state index contributed by atoms with van der Waals surface area (Å²) in [6, 6.07) is 0. The largest absolute Gasteiger partial charge is 0.355 e. The van der Waals surface area contributed by atoms with Gasteiger partial charge in [-0.3, -0.25) is 9.59 Å². The number of aromatic amines is 1. The first-order chi connectivity index (χ1) is 7.27. The Morgan fingerprint density at radius 1 is 1.33 bits per heavy atom. The molecule has 0 spiro atoms. The zero-order valence-electron chi connectivity index (χ0n) is 7.84. The van der Waals surface area contributed by atoms with E-state index in [9.17, 15) is 9.59 Å². The number of imide groups is 1. The number of carbonyl (C=O) groups excluding carboxylic acids is 2. The molecular formula is C9H9N3O3. The molecular weight excluding hydrogens is 198 g/mol. The van der Waals surface area contributed by atoms with Crippen molar-refractivity contribution in [3.63, 3.8) is 0 Å². The zero-order valence-corrected chi connectivity index (χ0v) is 7.84. The van der Waals surface area contributed by atoms with Gasteiger partial charge in [0.1, 0.15) is 12.2 Å². The van der Waals surface area contributed by atoms with Crippen molar-refractivity contribution < 1.29 is 14.3 Å². The summed E-state index contributed by atoms with van der Waals surface area (Å²) in [4.78, 5) is 31.4. The van der Waals surface area contributed by atoms with Crippen LogP contribution in [0.2, 0.25) is 0 Å². The second-order valence-corrected chi connectivity index (χ2v) is 3.62. The third kappa shape index (κ3) is 1.11. The van der Waals surface area contributed by atoms with E-state index in [2.05, 4.69) is 9.97 Å². The van der Waals surface area contributed by atoms with Crippen LogP contribution in [0, 0.1) is 0 Å². The molecule has 2 saturated heterocycles. The van der Waals surface area contributed by atoms with Crippen molar-refractivity contribution in [3.05, 3.63) is 12.4 Å². The number of imidazole rings is 1. The number of anilines is 1. The standard InChI is InChI=1S/C9H9N3O3/c13-7-5-1-2-6(15-5)8(14)12(7)9-10-3-4-11-9/h3-6H,1-2H2,(H,10,11). The van der Waals surface area contributed by atoms with E-state index in [1.165, 1.54) is 6.20 Å². The van der Waals surface area contributed by atoms with E-state index < -0.39 is 12.2 Å². The number of hydrogen-bond acceptors (Lipinski definition) is 4. The van der Waals surface area contributed by atoms with Gasteiger partial charge in [0, 0.05) is 12.4 Å². The Morgan fingerprint density at radius 3 is 2.53 bits per heavy atom. The molecule has 2 amide bonds. The molecule has 2 unspecified atom stereocenters. The lowest BCUT2D eigenvalue weighted by Gasteiger charge is -2.27. The van der Waals surface area contributed by atoms with Crippen LogP contribution >= 0.6 is 0 Å². The molecule has 78 valence electrons. The van der Waals surface area contributed by atoms with Crippen molar-refractivity contribution in [2.45, 2.75) is 25.0 Å². The normalized spacial score (nSPS) is 30.0. The van der Waals surface area contributed by atoms with E-state index in [-0.39, 0.29) is 17.8 Å². The molecule has 1 aromatic rings. The summed E-state index contributed by atoms with van der Waals surface area (Å²) >= 11 is 0. The first-order valence-corrected chi connectivity index (χ1v) is 4.80. The minimum absolute atomic E-state index is 0.283. The van der Waals surface area contributed by atoms with Crippen LogP contribution in [0.4, 0.5) is 5.95 Å². The highest BCUT2D eigenvalue weighted by molar-refractivity contribution is 6.18. The van der Waals surface area contributed by atoms with Gasteiger partial charge in [-0.05, 0) is 12.8 Å². The molecule has 2 bridgehead atoms. The number of aromatic nitrogens is 2. The summed E-state index contributed by atoms with van der Waals surface area (Å²) in [5.41, 5.74) is 0. The number of nitrogens with one attached hydrogen (secondary N) is 1. The second kappa shape index (κ2) is 2.90. The molecule has 1 N–H and O–H groups in total. The molecule has 3 heterocycles. The third-order valence-electron chi connectivity index (χ3n) is 2.71. The number of hydrogen-bond donors (Lipinski definition) is 1. The molecule has 6 nitrogen and oxygen atoms in total. The van der Waals surface area contributed by atoms with Gasteiger partial charge in [-0.2, -0.15) is 0 Å². The Bertz CT molecular complexity index is 392. The smallest absolute Gasteiger partial charge is 0.265 e. The lowest BCUT2D eigenvalue weighted by molar-refractivity contribution is -0.147. The van der Waals surface area contributed by atoms with Crippen molar-refractivity contribution >= 4 is 17.8 Å². The van der Waals surface area contributed by atoms with Crippen LogP contribution in [-0.2, 0) is 14.3 Å². The average Bonchev–Trinajstić information content (AvgIpc) is 2.86. The first kappa shape index (κ1) is 8.60. The molecule has 6 heteroatoms. The van der Waals surface area contributed by atoms with Crippen LogP contribution in [0.25, 0.3) is 0 Å². The fourth-order valence-electron chi connectivity index (χ4n) is 1.99. The lowest BCUT2D eigenvalue weighted by Crippen LogP contribution is -2.52. The maximum absolute atomic E-state index is 11.8. The predicted molar refractivity (Wildman–Crippen MR) is 49.0 cm³/mol. The minimum Gasteiger partial charge on any atom is -0.355 e. The van der Waals surface area contributed by atoms with Gasteiger partial charge in [-0.15, -0.1) is 0 Å². The van der Waals surface area contributed by atoms with E-state index in [0.29, 0.717) is 12.8 Å². The highest BCUT2D eigenvalue weighted by Gasteiger charge is 2.47. The molecule has 0 aliphatic carbocycles. The molecule has 2 aliphatic heterocycles. The maximum atomic E-state index is 11.8. The molecule has 2 aliphatic rings. The van der Waals surface area contributed by atoms with Crippen molar-refractivity contribution in [3.8, 4) is 0 Å². The van der Waals surface area contributed by atoms with Crippen LogP contribution in [0.1, 0.15) is 12.8 Å². The SMILES string of the molecule is O=C1C2CCC(O2)C(=O)N1c1ncc[nH]1. The number of carbonyl (C=O) groups is 2. The van der Waals surface area contributed by atoms with Gasteiger partial charge in [-0.25, -0.2) is 9.88 Å². The molecule has 0 saturated carbocycles. The molecule has 1 aromatic heterocycles. The Kier molecular flexibility index (Phi) is 1.66. The molecule has 0 radical (unpaired) electrons. The molecule has 15 heavy (non-hydrogen) atoms. The number of fused-ring (bicyclic) bond motifs is 2. The van der Waals surface area contributed by atoms with Gasteiger partial charge < -0.3 is 9.72 Å². The van der Waals surface area contributed by atoms with Gasteiger partial charge in [-0.1, -0.05) is 0 Å². The lowest BCUT2D eigenvalue weighted by atomic mass is 10.2. The summed E-state index contributed by atoms with van der Waals surface area (Å²) in [7, 11) is 0. The number of nitrogens with zero attached hydrogens (tertiary/aromatic N) is 2. The highest BCUT2D eigenvalue weighted by Crippen LogP contribution is 2.29. The topological polar surface area (TPSA) is 75.3 Å². The Morgan fingerprint density at radius 2 is 2.00 bits per heavy atom. The van der Waals surface area contributed by atoms with Crippen molar-refractivity contribution in [1.29, 1.82) is 0 Å². The fraction of sp³-hybridized carbons (Fsp3) is 0.444. The fourth-order valence-corrected chi connectivity index (χ4v) is 1.99. The maximum Gasteiger partial charge on any atom is 0.265 e. The monoisotopic (exact) mass is 207 g/mol. The number of ether oxygens (including phenoxy) is 1. The highest BCUT2D eigenvalue weighted by atomic mass is 16.5. The van der Waals surface area contributed by atoms with Gasteiger partial charge in [0.2, 0.25) is 5.95 Å². The second-order valence-electron chi connectivity index (χ2n) is 3.62. The molecule has 0 aromatic carbocycles. The summed E-state index contributed by atoms with van der Waals surface area (Å²) in [6.07, 6.45) is 3.37. The van der Waals surface area contributed by atoms with E-state index in [0.717, 1.165) is 4.90 Å². The minimum atomic E-state index is -0.474. The number of H-pyrrole nitrogens is 1. The molecule has 2 atom stereocenters. The summed E-state index contributed by atoms with van der Waals surface area (Å²) in [5.74, 6) is -0.349. The van der Waals surface area contributed by atoms with Crippen LogP contribution in [0.15, 0.2) is 12.4 Å². The first-order valence-electron chi connectivity index (χ1n) is 4.80. The van der Waals surface area contributed by atoms with Crippen LogP contribution < -0.4 is 4.90 Å². The zero-order chi connectivity index (χ0) is 10.4. The number of amides is 2. The van der Waals surface area contributed by atoms with E-state index in [4.69, 9.17) is 4.74 Å². The van der Waals surface area contributed by atoms with Gasteiger partial charge in [0.25, 0.3) is 11.8 Å². The molecule has 3 rings (SSSR count). The summed E-state index contributed by atoms with van der Waals surface area (Å²) in [5, 5.41) is 0. The van der Waals surface area contributed by atoms with Gasteiger partial charge in [0.15, 0.2) is 0 Å².